The molecule has 1 saturated heterocycles. The van der Waals surface area contributed by atoms with Gasteiger partial charge < -0.3 is 10.1 Å². The molecule has 0 aliphatic carbocycles. The largest absolute Gasteiger partial charge is 0.444 e. The summed E-state index contributed by atoms with van der Waals surface area (Å²) >= 11 is 0. The minimum absolute atomic E-state index is 0.109. The number of likely N-dealkylation sites (tertiary alicyclic amines) is 1. The fourth-order valence-electron chi connectivity index (χ4n) is 4.47. The van der Waals surface area contributed by atoms with E-state index >= 15 is 0 Å². The predicted molar refractivity (Wildman–Crippen MR) is 140 cm³/mol. The van der Waals surface area contributed by atoms with E-state index in [0.717, 1.165) is 30.5 Å². The molecule has 2 aromatic heterocycles. The zero-order chi connectivity index (χ0) is 25.9. The van der Waals surface area contributed by atoms with Crippen molar-refractivity contribution in [1.82, 2.24) is 14.3 Å². The number of benzene rings is 1. The van der Waals surface area contributed by atoms with Crippen LogP contribution in [-0.2, 0) is 16.0 Å². The second kappa shape index (κ2) is 10.5. The molecule has 3 heterocycles. The highest BCUT2D eigenvalue weighted by atomic mass is 16.6. The van der Waals surface area contributed by atoms with Gasteiger partial charge in [0, 0.05) is 18.4 Å². The SMILES string of the molecule is CCCCc1nc2ccccn2c(=O)c1-c1ccc(NC(=O)C2CCCN2C(=O)OC(C)(C)C)cc1. The van der Waals surface area contributed by atoms with Crippen LogP contribution >= 0.6 is 0 Å². The van der Waals surface area contributed by atoms with Crippen LogP contribution in [0.25, 0.3) is 16.8 Å². The fraction of sp³-hybridized carbons (Fsp3) is 0.429. The highest BCUT2D eigenvalue weighted by Gasteiger charge is 2.36. The Hall–Kier alpha value is -3.68. The van der Waals surface area contributed by atoms with E-state index in [1.165, 1.54) is 4.90 Å². The summed E-state index contributed by atoms with van der Waals surface area (Å²) in [6.45, 7) is 8.02. The number of amides is 2. The lowest BCUT2D eigenvalue weighted by Crippen LogP contribution is -2.45. The van der Waals surface area contributed by atoms with Crippen LogP contribution in [0, 0.1) is 0 Å². The molecular formula is C28H34N4O4. The Morgan fingerprint density at radius 1 is 1.14 bits per heavy atom. The number of carbonyl (C=O) groups excluding carboxylic acids is 2. The molecule has 8 nitrogen and oxygen atoms in total. The average Bonchev–Trinajstić information content (AvgIpc) is 3.33. The maximum Gasteiger partial charge on any atom is 0.410 e. The summed E-state index contributed by atoms with van der Waals surface area (Å²) in [6, 6.07) is 12.2. The minimum atomic E-state index is -0.622. The van der Waals surface area contributed by atoms with Crippen molar-refractivity contribution in [3.8, 4) is 11.1 Å². The number of nitrogens with one attached hydrogen (secondary N) is 1. The van der Waals surface area contributed by atoms with Gasteiger partial charge in [0.25, 0.3) is 5.56 Å². The smallest absolute Gasteiger partial charge is 0.410 e. The Morgan fingerprint density at radius 3 is 2.58 bits per heavy atom. The number of hydrogen-bond donors (Lipinski definition) is 1. The number of fused-ring (bicyclic) bond motifs is 1. The Bertz CT molecular complexity index is 1310. The number of rotatable bonds is 6. The standard InChI is InChI=1S/C28H34N4O4/c1-5-6-10-21-24(26(34)32-17-8-7-12-23(32)30-21)19-13-15-20(16-14-19)29-25(33)22-11-9-18-31(22)27(35)36-28(2,3)4/h7-8,12-17,22H,5-6,9-11,18H2,1-4H3,(H,29,33). The molecular weight excluding hydrogens is 456 g/mol. The quantitative estimate of drug-likeness (QED) is 0.522. The van der Waals surface area contributed by atoms with E-state index in [1.807, 2.05) is 51.1 Å². The summed E-state index contributed by atoms with van der Waals surface area (Å²) in [5.74, 6) is -0.248. The first-order valence-corrected chi connectivity index (χ1v) is 12.6. The molecule has 1 atom stereocenters. The maximum absolute atomic E-state index is 13.4. The van der Waals surface area contributed by atoms with Gasteiger partial charge in [0.1, 0.15) is 17.3 Å². The molecule has 0 radical (unpaired) electrons. The summed E-state index contributed by atoms with van der Waals surface area (Å²) in [5.41, 5.74) is 2.62. The molecule has 2 amide bonds. The first kappa shape index (κ1) is 25.4. The van der Waals surface area contributed by atoms with Gasteiger partial charge in [-0.1, -0.05) is 31.5 Å². The lowest BCUT2D eigenvalue weighted by Gasteiger charge is -2.28. The highest BCUT2D eigenvalue weighted by molar-refractivity contribution is 5.97. The Morgan fingerprint density at radius 2 is 1.89 bits per heavy atom. The monoisotopic (exact) mass is 490 g/mol. The highest BCUT2D eigenvalue weighted by Crippen LogP contribution is 2.25. The van der Waals surface area contributed by atoms with Crippen molar-refractivity contribution < 1.29 is 14.3 Å². The maximum atomic E-state index is 13.4. The van der Waals surface area contributed by atoms with Crippen molar-refractivity contribution in [2.45, 2.75) is 71.4 Å². The molecule has 8 heteroatoms. The van der Waals surface area contributed by atoms with Crippen LogP contribution in [0.2, 0.25) is 0 Å². The van der Waals surface area contributed by atoms with Crippen molar-refractivity contribution >= 4 is 23.3 Å². The summed E-state index contributed by atoms with van der Waals surface area (Å²) in [7, 11) is 0. The molecule has 0 bridgehead atoms. The molecule has 1 fully saturated rings. The Labute approximate surface area is 211 Å². The molecule has 4 rings (SSSR count). The molecule has 1 aromatic carbocycles. The summed E-state index contributed by atoms with van der Waals surface area (Å²) in [4.78, 5) is 45.2. The van der Waals surface area contributed by atoms with E-state index in [4.69, 9.17) is 9.72 Å². The number of unbranched alkanes of at least 4 members (excludes halogenated alkanes) is 1. The second-order valence-corrected chi connectivity index (χ2v) is 10.2. The van der Waals surface area contributed by atoms with Crippen LogP contribution in [-0.4, -0.2) is 44.5 Å². The number of anilines is 1. The van der Waals surface area contributed by atoms with Gasteiger partial charge in [-0.2, -0.15) is 0 Å². The van der Waals surface area contributed by atoms with Gasteiger partial charge in [-0.05, 0) is 76.3 Å². The number of pyridine rings is 1. The van der Waals surface area contributed by atoms with Crippen molar-refractivity contribution in [1.29, 1.82) is 0 Å². The van der Waals surface area contributed by atoms with Gasteiger partial charge in [-0.15, -0.1) is 0 Å². The summed E-state index contributed by atoms with van der Waals surface area (Å²) in [6.07, 6.45) is 5.24. The summed E-state index contributed by atoms with van der Waals surface area (Å²) in [5, 5.41) is 2.92. The predicted octanol–water partition coefficient (Wildman–Crippen LogP) is 5.04. The molecule has 3 aromatic rings. The van der Waals surface area contributed by atoms with E-state index in [9.17, 15) is 14.4 Å². The number of hydrogen-bond acceptors (Lipinski definition) is 5. The van der Waals surface area contributed by atoms with Gasteiger partial charge in [0.15, 0.2) is 0 Å². The normalized spacial score (nSPS) is 15.8. The van der Waals surface area contributed by atoms with Crippen molar-refractivity contribution in [2.75, 3.05) is 11.9 Å². The first-order valence-electron chi connectivity index (χ1n) is 12.6. The third kappa shape index (κ3) is 5.58. The molecule has 36 heavy (non-hydrogen) atoms. The molecule has 1 aliphatic rings. The first-order chi connectivity index (χ1) is 17.2. The third-order valence-electron chi connectivity index (χ3n) is 6.20. The van der Waals surface area contributed by atoms with Gasteiger partial charge in [-0.3, -0.25) is 18.9 Å². The lowest BCUT2D eigenvalue weighted by atomic mass is 10.0. The van der Waals surface area contributed by atoms with E-state index in [1.54, 1.807) is 22.7 Å². The minimum Gasteiger partial charge on any atom is -0.444 e. The molecule has 190 valence electrons. The molecule has 0 saturated carbocycles. The van der Waals surface area contributed by atoms with E-state index < -0.39 is 17.7 Å². The van der Waals surface area contributed by atoms with Gasteiger partial charge in [0.05, 0.1) is 11.3 Å². The van der Waals surface area contributed by atoms with Crippen LogP contribution in [0.15, 0.2) is 53.5 Å². The van der Waals surface area contributed by atoms with Crippen molar-refractivity contribution in [2.24, 2.45) is 0 Å². The lowest BCUT2D eigenvalue weighted by molar-refractivity contribution is -0.120. The summed E-state index contributed by atoms with van der Waals surface area (Å²) < 4.78 is 7.03. The molecule has 1 unspecified atom stereocenters. The van der Waals surface area contributed by atoms with Crippen LogP contribution in [0.4, 0.5) is 10.5 Å². The van der Waals surface area contributed by atoms with Gasteiger partial charge in [-0.25, -0.2) is 9.78 Å². The Kier molecular flexibility index (Phi) is 7.43. The molecule has 1 N–H and O–H groups in total. The number of aromatic nitrogens is 2. The van der Waals surface area contributed by atoms with E-state index in [-0.39, 0.29) is 11.5 Å². The van der Waals surface area contributed by atoms with Crippen molar-refractivity contribution in [3.63, 3.8) is 0 Å². The molecule has 1 aliphatic heterocycles. The van der Waals surface area contributed by atoms with E-state index in [0.29, 0.717) is 36.3 Å². The van der Waals surface area contributed by atoms with Crippen LogP contribution in [0.3, 0.4) is 0 Å². The number of carbonyl (C=O) groups is 2. The second-order valence-electron chi connectivity index (χ2n) is 10.2. The average molecular weight is 491 g/mol. The molecule has 0 spiro atoms. The van der Waals surface area contributed by atoms with E-state index in [2.05, 4.69) is 12.2 Å². The fourth-order valence-corrected chi connectivity index (χ4v) is 4.47. The van der Waals surface area contributed by atoms with Crippen LogP contribution in [0.5, 0.6) is 0 Å². The third-order valence-corrected chi connectivity index (χ3v) is 6.20. The van der Waals surface area contributed by atoms with Gasteiger partial charge >= 0.3 is 6.09 Å². The van der Waals surface area contributed by atoms with Crippen LogP contribution in [0.1, 0.15) is 59.1 Å². The van der Waals surface area contributed by atoms with Crippen LogP contribution < -0.4 is 10.9 Å². The topological polar surface area (TPSA) is 93.0 Å². The zero-order valence-electron chi connectivity index (χ0n) is 21.4. The Balaban J connectivity index is 1.55. The van der Waals surface area contributed by atoms with Gasteiger partial charge in [0.2, 0.25) is 5.91 Å². The number of ether oxygens (including phenoxy) is 1. The number of nitrogens with zero attached hydrogens (tertiary/aromatic N) is 3. The van der Waals surface area contributed by atoms with Crippen molar-refractivity contribution in [3.05, 3.63) is 64.7 Å². The zero-order valence-corrected chi connectivity index (χ0v) is 21.4. The number of aryl methyl sites for hydroxylation is 1.